The zero-order valence-corrected chi connectivity index (χ0v) is 17.2. The lowest BCUT2D eigenvalue weighted by Crippen LogP contribution is -2.48. The first-order chi connectivity index (χ1) is 14.1. The van der Waals surface area contributed by atoms with Crippen molar-refractivity contribution in [3.05, 3.63) is 47.3 Å². The van der Waals surface area contributed by atoms with Crippen molar-refractivity contribution in [3.63, 3.8) is 0 Å². The summed E-state index contributed by atoms with van der Waals surface area (Å²) >= 11 is 1.82. The number of carbonyl (C=O) groups excluding carboxylic acids is 3. The minimum Gasteiger partial charge on any atom is -0.340 e. The summed E-state index contributed by atoms with van der Waals surface area (Å²) < 4.78 is 0. The second-order valence-electron chi connectivity index (χ2n) is 7.48. The van der Waals surface area contributed by atoms with Crippen molar-refractivity contribution in [2.24, 2.45) is 0 Å². The van der Waals surface area contributed by atoms with Gasteiger partial charge in [-0.2, -0.15) is 0 Å². The van der Waals surface area contributed by atoms with E-state index in [-0.39, 0.29) is 43.5 Å². The molecule has 2 aromatic rings. The molecule has 2 fully saturated rings. The van der Waals surface area contributed by atoms with Crippen molar-refractivity contribution in [2.45, 2.75) is 25.8 Å². The highest BCUT2D eigenvalue weighted by atomic mass is 32.1. The van der Waals surface area contributed by atoms with Crippen molar-refractivity contribution in [3.8, 4) is 10.4 Å². The summed E-state index contributed by atoms with van der Waals surface area (Å²) in [6.07, 6.45) is 0.781. The molecule has 0 N–H and O–H groups in total. The average molecular weight is 412 g/mol. The van der Waals surface area contributed by atoms with Crippen LogP contribution in [0.25, 0.3) is 10.4 Å². The molecule has 2 aliphatic rings. The molecule has 152 valence electrons. The van der Waals surface area contributed by atoms with E-state index in [1.54, 1.807) is 0 Å². The van der Waals surface area contributed by atoms with Gasteiger partial charge in [-0.1, -0.05) is 30.3 Å². The Balaban J connectivity index is 1.23. The lowest BCUT2D eigenvalue weighted by atomic mass is 10.2. The maximum Gasteiger partial charge on any atom is 0.229 e. The predicted molar refractivity (Wildman–Crippen MR) is 112 cm³/mol. The summed E-state index contributed by atoms with van der Waals surface area (Å²) in [5, 5.41) is 0. The molecule has 2 saturated heterocycles. The Morgan fingerprint density at radius 2 is 1.59 bits per heavy atom. The molecule has 7 heteroatoms. The van der Waals surface area contributed by atoms with Gasteiger partial charge in [0.25, 0.3) is 0 Å². The summed E-state index contributed by atoms with van der Waals surface area (Å²) in [5.41, 5.74) is 1.24. The van der Waals surface area contributed by atoms with Gasteiger partial charge < -0.3 is 4.90 Å². The summed E-state index contributed by atoms with van der Waals surface area (Å²) in [6, 6.07) is 14.8. The molecule has 0 spiro atoms. The maximum absolute atomic E-state index is 12.5. The molecule has 3 amide bonds. The summed E-state index contributed by atoms with van der Waals surface area (Å²) in [6.45, 7) is 4.18. The number of piperazine rings is 1. The minimum absolute atomic E-state index is 0.0274. The number of benzene rings is 1. The Hall–Kier alpha value is -2.51. The fourth-order valence-corrected chi connectivity index (χ4v) is 4.89. The Kier molecular flexibility index (Phi) is 6.06. The highest BCUT2D eigenvalue weighted by molar-refractivity contribution is 7.15. The standard InChI is InChI=1S/C22H25N3O3S/c26-20(10-11-25-21(27)8-9-22(25)28)24-14-12-23(13-15-24)16-18-6-7-19(29-18)17-4-2-1-3-5-17/h1-7H,8-16H2. The second-order valence-corrected chi connectivity index (χ2v) is 8.65. The van der Waals surface area contributed by atoms with E-state index in [4.69, 9.17) is 0 Å². The van der Waals surface area contributed by atoms with Gasteiger partial charge in [-0.05, 0) is 17.7 Å². The third kappa shape index (κ3) is 4.74. The molecular weight excluding hydrogens is 386 g/mol. The van der Waals surface area contributed by atoms with Crippen molar-refractivity contribution >= 4 is 29.1 Å². The van der Waals surface area contributed by atoms with Gasteiger partial charge in [-0.15, -0.1) is 11.3 Å². The fourth-order valence-electron chi connectivity index (χ4n) is 3.83. The van der Waals surface area contributed by atoms with Crippen LogP contribution in [0.5, 0.6) is 0 Å². The Morgan fingerprint density at radius 3 is 2.28 bits per heavy atom. The van der Waals surface area contributed by atoms with Gasteiger partial charge in [0, 0.05) is 68.3 Å². The van der Waals surface area contributed by atoms with Crippen molar-refractivity contribution < 1.29 is 14.4 Å². The number of nitrogens with zero attached hydrogens (tertiary/aromatic N) is 3. The molecule has 0 atom stereocenters. The van der Waals surface area contributed by atoms with Crippen LogP contribution in [0.3, 0.4) is 0 Å². The van der Waals surface area contributed by atoms with E-state index in [9.17, 15) is 14.4 Å². The molecule has 0 aliphatic carbocycles. The molecule has 0 bridgehead atoms. The van der Waals surface area contributed by atoms with Crippen molar-refractivity contribution in [1.29, 1.82) is 0 Å². The van der Waals surface area contributed by atoms with Crippen LogP contribution in [0.15, 0.2) is 42.5 Å². The van der Waals surface area contributed by atoms with Gasteiger partial charge in [-0.25, -0.2) is 0 Å². The molecular formula is C22H25N3O3S. The Labute approximate surface area is 174 Å². The van der Waals surface area contributed by atoms with E-state index in [1.165, 1.54) is 20.2 Å². The first kappa shape index (κ1) is 19.8. The number of carbonyl (C=O) groups is 3. The van der Waals surface area contributed by atoms with E-state index in [1.807, 2.05) is 22.3 Å². The number of amides is 3. The number of likely N-dealkylation sites (tertiary alicyclic amines) is 1. The van der Waals surface area contributed by atoms with Gasteiger partial charge in [-0.3, -0.25) is 24.2 Å². The second kappa shape index (κ2) is 8.88. The quantitative estimate of drug-likeness (QED) is 0.686. The number of hydrogen-bond donors (Lipinski definition) is 0. The zero-order valence-electron chi connectivity index (χ0n) is 16.4. The average Bonchev–Trinajstić information content (AvgIpc) is 3.34. The van der Waals surface area contributed by atoms with Crippen LogP contribution >= 0.6 is 11.3 Å². The van der Waals surface area contributed by atoms with E-state index < -0.39 is 0 Å². The first-order valence-electron chi connectivity index (χ1n) is 10.1. The molecule has 0 unspecified atom stereocenters. The number of thiophene rings is 1. The molecule has 3 heterocycles. The molecule has 0 radical (unpaired) electrons. The molecule has 2 aliphatic heterocycles. The monoisotopic (exact) mass is 411 g/mol. The van der Waals surface area contributed by atoms with Crippen LogP contribution in [0.2, 0.25) is 0 Å². The highest BCUT2D eigenvalue weighted by Crippen LogP contribution is 2.28. The lowest BCUT2D eigenvalue weighted by molar-refractivity contribution is -0.139. The Bertz CT molecular complexity index is 872. The molecule has 1 aromatic heterocycles. The maximum atomic E-state index is 12.5. The van der Waals surface area contributed by atoms with Gasteiger partial charge >= 0.3 is 0 Å². The fraction of sp³-hybridized carbons (Fsp3) is 0.409. The number of imide groups is 1. The smallest absolute Gasteiger partial charge is 0.229 e. The normalized spacial score (nSPS) is 17.9. The third-order valence-electron chi connectivity index (χ3n) is 5.53. The molecule has 0 saturated carbocycles. The van der Waals surface area contributed by atoms with Crippen LogP contribution in [0, 0.1) is 0 Å². The predicted octanol–water partition coefficient (Wildman–Crippen LogP) is 2.60. The van der Waals surface area contributed by atoms with E-state index >= 15 is 0 Å². The Morgan fingerprint density at radius 1 is 0.897 bits per heavy atom. The van der Waals surface area contributed by atoms with Crippen LogP contribution in [0.4, 0.5) is 0 Å². The summed E-state index contributed by atoms with van der Waals surface area (Å²) in [7, 11) is 0. The van der Waals surface area contributed by atoms with Gasteiger partial charge in [0.15, 0.2) is 0 Å². The number of hydrogen-bond acceptors (Lipinski definition) is 5. The minimum atomic E-state index is -0.154. The lowest BCUT2D eigenvalue weighted by Gasteiger charge is -2.34. The van der Waals surface area contributed by atoms with Crippen molar-refractivity contribution in [2.75, 3.05) is 32.7 Å². The number of rotatable bonds is 6. The SMILES string of the molecule is O=C(CCN1C(=O)CCC1=O)N1CCN(Cc2ccc(-c3ccccc3)s2)CC1. The largest absolute Gasteiger partial charge is 0.340 e. The van der Waals surface area contributed by atoms with Gasteiger partial charge in [0.2, 0.25) is 17.7 Å². The molecule has 4 rings (SSSR count). The summed E-state index contributed by atoms with van der Waals surface area (Å²) in [5.74, 6) is -0.281. The van der Waals surface area contributed by atoms with Crippen LogP contribution in [0.1, 0.15) is 24.1 Å². The molecule has 1 aromatic carbocycles. The first-order valence-corrected chi connectivity index (χ1v) is 10.9. The van der Waals surface area contributed by atoms with E-state index in [0.29, 0.717) is 13.1 Å². The van der Waals surface area contributed by atoms with Crippen LogP contribution < -0.4 is 0 Å². The van der Waals surface area contributed by atoms with Crippen LogP contribution in [-0.2, 0) is 20.9 Å². The van der Waals surface area contributed by atoms with Gasteiger partial charge in [0.1, 0.15) is 0 Å². The molecule has 29 heavy (non-hydrogen) atoms. The third-order valence-corrected chi connectivity index (χ3v) is 6.65. The van der Waals surface area contributed by atoms with Crippen LogP contribution in [-0.4, -0.2) is 65.1 Å². The highest BCUT2D eigenvalue weighted by Gasteiger charge is 2.30. The van der Waals surface area contributed by atoms with E-state index in [2.05, 4.69) is 41.3 Å². The van der Waals surface area contributed by atoms with Gasteiger partial charge in [0.05, 0.1) is 0 Å². The summed E-state index contributed by atoms with van der Waals surface area (Å²) in [4.78, 5) is 43.8. The van der Waals surface area contributed by atoms with Crippen molar-refractivity contribution in [1.82, 2.24) is 14.7 Å². The zero-order chi connectivity index (χ0) is 20.2. The molecule has 6 nitrogen and oxygen atoms in total. The topological polar surface area (TPSA) is 60.9 Å². The van der Waals surface area contributed by atoms with E-state index in [0.717, 1.165) is 19.6 Å².